The van der Waals surface area contributed by atoms with Crippen molar-refractivity contribution in [1.29, 1.82) is 0 Å². The summed E-state index contributed by atoms with van der Waals surface area (Å²) < 4.78 is 0. The maximum absolute atomic E-state index is 10.5. The van der Waals surface area contributed by atoms with Crippen LogP contribution in [0.1, 0.15) is 51.4 Å². The summed E-state index contributed by atoms with van der Waals surface area (Å²) in [5.41, 5.74) is 8.16. The zero-order valence-electron chi connectivity index (χ0n) is 13.8. The van der Waals surface area contributed by atoms with Gasteiger partial charge in [0.05, 0.1) is 5.70 Å². The third-order valence-electron chi connectivity index (χ3n) is 4.00. The number of aldehydes is 1. The molecule has 0 radical (unpaired) electrons. The Balaban J connectivity index is 2.56. The number of hydrazine groups is 1. The molecular weight excluding hydrogens is 314 g/mol. The lowest BCUT2D eigenvalue weighted by Gasteiger charge is -2.25. The van der Waals surface area contributed by atoms with Crippen LogP contribution >= 0.6 is 23.5 Å². The van der Waals surface area contributed by atoms with Gasteiger partial charge >= 0.3 is 0 Å². The van der Waals surface area contributed by atoms with E-state index in [-0.39, 0.29) is 0 Å². The highest BCUT2D eigenvalue weighted by Gasteiger charge is 2.16. The van der Waals surface area contributed by atoms with Crippen LogP contribution in [0.2, 0.25) is 0 Å². The third-order valence-corrected chi connectivity index (χ3v) is 5.98. The molecule has 1 aliphatic rings. The highest BCUT2D eigenvalue weighted by molar-refractivity contribution is 8.00. The Morgan fingerprint density at radius 1 is 1.23 bits per heavy atom. The molecule has 6 heteroatoms. The smallest absolute Gasteiger partial charge is 0.120 e. The van der Waals surface area contributed by atoms with E-state index in [1.165, 1.54) is 38.5 Å². The van der Waals surface area contributed by atoms with Gasteiger partial charge in [-0.3, -0.25) is 0 Å². The van der Waals surface area contributed by atoms with Gasteiger partial charge in [0, 0.05) is 35.4 Å². The molecule has 1 saturated carbocycles. The van der Waals surface area contributed by atoms with E-state index < -0.39 is 0 Å². The molecule has 1 fully saturated rings. The SMILES string of the molecule is CSC/C(N)=C(\CSC1CCCCCC1)N(N)CCCC=O. The minimum atomic E-state index is 0.555. The summed E-state index contributed by atoms with van der Waals surface area (Å²) in [6.45, 7) is 0.689. The van der Waals surface area contributed by atoms with Gasteiger partial charge in [-0.2, -0.15) is 23.5 Å². The van der Waals surface area contributed by atoms with Crippen molar-refractivity contribution in [3.8, 4) is 0 Å². The van der Waals surface area contributed by atoms with E-state index in [9.17, 15) is 4.79 Å². The first-order chi connectivity index (χ1) is 10.7. The second kappa shape index (κ2) is 12.1. The predicted octanol–water partition coefficient (Wildman–Crippen LogP) is 3.13. The van der Waals surface area contributed by atoms with Crippen LogP contribution < -0.4 is 11.6 Å². The summed E-state index contributed by atoms with van der Waals surface area (Å²) in [5.74, 6) is 7.88. The fourth-order valence-corrected chi connectivity index (χ4v) is 4.57. The first kappa shape index (κ1) is 19.7. The lowest BCUT2D eigenvalue weighted by atomic mass is 10.2. The van der Waals surface area contributed by atoms with Gasteiger partial charge in [0.15, 0.2) is 0 Å². The van der Waals surface area contributed by atoms with Gasteiger partial charge < -0.3 is 15.5 Å². The third kappa shape index (κ3) is 7.79. The molecule has 4 N–H and O–H groups in total. The van der Waals surface area contributed by atoms with Crippen molar-refractivity contribution in [1.82, 2.24) is 5.01 Å². The Morgan fingerprint density at radius 3 is 2.50 bits per heavy atom. The van der Waals surface area contributed by atoms with Crippen LogP contribution in [0.25, 0.3) is 0 Å². The Bertz CT molecular complexity index is 342. The Kier molecular flexibility index (Phi) is 10.9. The monoisotopic (exact) mass is 345 g/mol. The van der Waals surface area contributed by atoms with Crippen molar-refractivity contribution >= 4 is 29.8 Å². The molecule has 0 saturated heterocycles. The minimum Gasteiger partial charge on any atom is -0.400 e. The second-order valence-electron chi connectivity index (χ2n) is 5.83. The molecule has 0 aromatic carbocycles. The normalized spacial score (nSPS) is 17.7. The summed E-state index contributed by atoms with van der Waals surface area (Å²) in [6, 6.07) is 0. The summed E-state index contributed by atoms with van der Waals surface area (Å²) in [4.78, 5) is 10.5. The maximum Gasteiger partial charge on any atom is 0.120 e. The maximum atomic E-state index is 10.5. The standard InChI is InChI=1S/C16H31N3OS2/c1-21-12-15(17)16(19(18)10-6-7-11-20)13-22-14-8-4-2-3-5-9-14/h11,14H,2-10,12-13,17-18H2,1H3/b16-15-. The van der Waals surface area contributed by atoms with Gasteiger partial charge in [-0.05, 0) is 25.5 Å². The van der Waals surface area contributed by atoms with E-state index in [2.05, 4.69) is 6.26 Å². The van der Waals surface area contributed by atoms with Gasteiger partial charge in [0.1, 0.15) is 6.29 Å². The van der Waals surface area contributed by atoms with Crippen LogP contribution in [-0.4, -0.2) is 40.9 Å². The topological polar surface area (TPSA) is 72.3 Å². The van der Waals surface area contributed by atoms with Crippen LogP contribution in [0.3, 0.4) is 0 Å². The Labute approximate surface area is 143 Å². The lowest BCUT2D eigenvalue weighted by molar-refractivity contribution is -0.107. The lowest BCUT2D eigenvalue weighted by Crippen LogP contribution is -2.35. The highest BCUT2D eigenvalue weighted by atomic mass is 32.2. The number of unbranched alkanes of at least 4 members (excludes halogenated alkanes) is 1. The highest BCUT2D eigenvalue weighted by Crippen LogP contribution is 2.29. The molecule has 1 aliphatic carbocycles. The van der Waals surface area contributed by atoms with Crippen LogP contribution in [0.4, 0.5) is 0 Å². The number of carbonyl (C=O) groups excluding carboxylic acids is 1. The van der Waals surface area contributed by atoms with Crippen LogP contribution in [0.5, 0.6) is 0 Å². The van der Waals surface area contributed by atoms with Crippen molar-refractivity contribution in [3.05, 3.63) is 11.4 Å². The summed E-state index contributed by atoms with van der Waals surface area (Å²) in [6.07, 6.45) is 12.4. The number of rotatable bonds is 10. The number of nitrogens with two attached hydrogens (primary N) is 2. The Hall–Kier alpha value is -0.330. The van der Waals surface area contributed by atoms with Gasteiger partial charge in [-0.25, -0.2) is 5.84 Å². The van der Waals surface area contributed by atoms with Gasteiger partial charge in [-0.1, -0.05) is 25.7 Å². The molecular formula is C16H31N3OS2. The van der Waals surface area contributed by atoms with E-state index in [0.29, 0.717) is 13.0 Å². The van der Waals surface area contributed by atoms with Gasteiger partial charge in [0.2, 0.25) is 0 Å². The van der Waals surface area contributed by atoms with Gasteiger partial charge in [-0.15, -0.1) is 0 Å². The minimum absolute atomic E-state index is 0.555. The molecule has 0 aromatic rings. The molecule has 22 heavy (non-hydrogen) atoms. The number of carbonyl (C=O) groups is 1. The average molecular weight is 346 g/mol. The van der Waals surface area contributed by atoms with Crippen molar-refractivity contribution in [2.75, 3.05) is 24.3 Å². The summed E-state index contributed by atoms with van der Waals surface area (Å²) in [5, 5.41) is 2.50. The first-order valence-electron chi connectivity index (χ1n) is 8.23. The molecule has 0 unspecified atom stereocenters. The first-order valence-corrected chi connectivity index (χ1v) is 10.7. The van der Waals surface area contributed by atoms with E-state index in [1.54, 1.807) is 16.8 Å². The van der Waals surface area contributed by atoms with Crippen LogP contribution in [-0.2, 0) is 4.79 Å². The molecule has 0 aromatic heterocycles. The molecule has 0 heterocycles. The van der Waals surface area contributed by atoms with E-state index in [0.717, 1.165) is 40.9 Å². The van der Waals surface area contributed by atoms with Crippen LogP contribution in [0, 0.1) is 0 Å². The van der Waals surface area contributed by atoms with E-state index >= 15 is 0 Å². The largest absolute Gasteiger partial charge is 0.400 e. The van der Waals surface area contributed by atoms with E-state index in [1.807, 2.05) is 11.8 Å². The molecule has 1 rings (SSSR count). The fraction of sp³-hybridized carbons (Fsp3) is 0.812. The molecule has 128 valence electrons. The molecule has 4 nitrogen and oxygen atoms in total. The quantitative estimate of drug-likeness (QED) is 0.208. The number of nitrogens with zero attached hydrogens (tertiary/aromatic N) is 1. The average Bonchev–Trinajstić information content (AvgIpc) is 2.77. The van der Waals surface area contributed by atoms with Crippen molar-refractivity contribution in [2.24, 2.45) is 11.6 Å². The van der Waals surface area contributed by atoms with Crippen molar-refractivity contribution in [3.63, 3.8) is 0 Å². The van der Waals surface area contributed by atoms with Crippen molar-refractivity contribution < 1.29 is 4.79 Å². The van der Waals surface area contributed by atoms with Gasteiger partial charge in [0.25, 0.3) is 0 Å². The zero-order valence-corrected chi connectivity index (χ0v) is 15.4. The number of thioether (sulfide) groups is 2. The zero-order chi connectivity index (χ0) is 16.2. The van der Waals surface area contributed by atoms with Crippen LogP contribution in [0.15, 0.2) is 11.4 Å². The number of hydrogen-bond acceptors (Lipinski definition) is 6. The van der Waals surface area contributed by atoms with Crippen molar-refractivity contribution in [2.45, 2.75) is 56.6 Å². The fourth-order valence-electron chi connectivity index (χ4n) is 2.68. The van der Waals surface area contributed by atoms with E-state index in [4.69, 9.17) is 11.6 Å². The number of hydrogen-bond donors (Lipinski definition) is 2. The molecule has 0 amide bonds. The summed E-state index contributed by atoms with van der Waals surface area (Å²) >= 11 is 3.72. The predicted molar refractivity (Wildman–Crippen MR) is 99.7 cm³/mol. The summed E-state index contributed by atoms with van der Waals surface area (Å²) in [7, 11) is 0. The molecule has 0 aliphatic heterocycles. The Morgan fingerprint density at radius 2 is 1.91 bits per heavy atom. The molecule has 0 atom stereocenters. The molecule has 0 spiro atoms. The molecule has 0 bridgehead atoms. The second-order valence-corrected chi connectivity index (χ2v) is 7.99.